The number of piperazine rings is 2. The van der Waals surface area contributed by atoms with E-state index in [9.17, 15) is 19.2 Å². The fraction of sp³-hybridized carbons (Fsp3) is 0.826. The smallest absolute Gasteiger partial charge is 0.248 e. The summed E-state index contributed by atoms with van der Waals surface area (Å²) in [6.07, 6.45) is 0. The molecule has 2 saturated heterocycles. The molecule has 0 radical (unpaired) electrons. The van der Waals surface area contributed by atoms with Crippen LogP contribution in [-0.4, -0.2) is 92.5 Å². The van der Waals surface area contributed by atoms with Crippen LogP contribution in [0.2, 0.25) is 0 Å². The van der Waals surface area contributed by atoms with E-state index < -0.39 is 41.9 Å². The summed E-state index contributed by atoms with van der Waals surface area (Å²) in [5.41, 5.74) is -2.13. The molecule has 0 N–H and O–H groups in total. The number of nitrogens with zero attached hydrogens (tertiary/aromatic N) is 4. The monoisotopic (exact) mass is 444 g/mol. The molecule has 0 aromatic rings. The van der Waals surface area contributed by atoms with Crippen LogP contribution in [0.15, 0.2) is 0 Å². The van der Waals surface area contributed by atoms with Crippen LogP contribution in [0, 0.1) is 0 Å². The first kappa shape index (κ1) is 22.1. The maximum absolute atomic E-state index is 12.4. The lowest BCUT2D eigenvalue weighted by Crippen LogP contribution is -2.65. The van der Waals surface area contributed by atoms with Gasteiger partial charge in [0.25, 0.3) is 0 Å². The van der Waals surface area contributed by atoms with Gasteiger partial charge < -0.3 is 19.6 Å². The van der Waals surface area contributed by atoms with Gasteiger partial charge in [0.05, 0.1) is 5.48 Å². The van der Waals surface area contributed by atoms with Crippen molar-refractivity contribution in [2.24, 2.45) is 0 Å². The molecule has 31 heavy (non-hydrogen) atoms. The van der Waals surface area contributed by atoms with Crippen LogP contribution in [0.5, 0.6) is 0 Å². The molecule has 0 saturated carbocycles. The van der Waals surface area contributed by atoms with Crippen molar-refractivity contribution in [1.82, 2.24) is 19.6 Å². The van der Waals surface area contributed by atoms with Gasteiger partial charge >= 0.3 is 0 Å². The molecule has 2 rings (SSSR count). The zero-order valence-corrected chi connectivity index (χ0v) is 20.0. The van der Waals surface area contributed by atoms with Gasteiger partial charge in [-0.25, -0.2) is 0 Å². The van der Waals surface area contributed by atoms with E-state index >= 15 is 0 Å². The predicted octanol–water partition coefficient (Wildman–Crippen LogP) is 2.36. The lowest BCUT2D eigenvalue weighted by atomic mass is 9.96. The first-order chi connectivity index (χ1) is 15.1. The van der Waals surface area contributed by atoms with E-state index in [0.29, 0.717) is 18.0 Å². The molecule has 0 aromatic heterocycles. The average Bonchev–Trinajstić information content (AvgIpc) is 2.61. The van der Waals surface area contributed by atoms with Crippen molar-refractivity contribution in [2.45, 2.75) is 99.8 Å². The summed E-state index contributed by atoms with van der Waals surface area (Å²) >= 11 is 0. The molecule has 0 aliphatic carbocycles. The number of carbonyl (C=O) groups excluding carboxylic acids is 4. The Hall–Kier alpha value is -2.12. The standard InChI is InChI=1S/2C11H20N2O2.CH4/c2*1-8(2)12-6-7-13(9(3)14)11(4,5)10(12)15;/h2*8H,6-7H2,1-5H3;1H4/i6D2,7D2;;. The number of amides is 4. The molecule has 0 atom stereocenters. The molecule has 0 spiro atoms. The highest BCUT2D eigenvalue weighted by Crippen LogP contribution is 2.24. The molecular weight excluding hydrogens is 396 g/mol. The van der Waals surface area contributed by atoms with Gasteiger partial charge in [-0.1, -0.05) is 7.43 Å². The van der Waals surface area contributed by atoms with Crippen molar-refractivity contribution in [1.29, 1.82) is 0 Å². The second kappa shape index (κ2) is 10.5. The summed E-state index contributed by atoms with van der Waals surface area (Å²) in [5.74, 6) is -1.26. The molecule has 4 amide bonds. The van der Waals surface area contributed by atoms with Crippen molar-refractivity contribution in [3.8, 4) is 0 Å². The SMILES string of the molecule is C.CC(=O)N1CCN(C(C)C)C(=O)C1(C)C.[2H]C1([2H])N(C(C)C)C(=O)C(C)(C)N(C(C)=O)C1([2H])[2H]. The van der Waals surface area contributed by atoms with Gasteiger partial charge in [0.1, 0.15) is 11.1 Å². The molecule has 8 heteroatoms. The molecule has 8 nitrogen and oxygen atoms in total. The largest absolute Gasteiger partial charge is 0.336 e. The van der Waals surface area contributed by atoms with Crippen LogP contribution in [0.3, 0.4) is 0 Å². The van der Waals surface area contributed by atoms with Gasteiger partial charge in [0.15, 0.2) is 0 Å². The van der Waals surface area contributed by atoms with Crippen LogP contribution in [-0.2, 0) is 19.2 Å². The highest BCUT2D eigenvalue weighted by atomic mass is 16.2. The van der Waals surface area contributed by atoms with Gasteiger partial charge in [-0.15, -0.1) is 0 Å². The molecule has 180 valence electrons. The molecule has 2 aliphatic heterocycles. The van der Waals surface area contributed by atoms with Crippen molar-refractivity contribution in [3.63, 3.8) is 0 Å². The van der Waals surface area contributed by atoms with E-state index in [4.69, 9.17) is 5.48 Å². The van der Waals surface area contributed by atoms with E-state index in [1.807, 2.05) is 32.6 Å². The van der Waals surface area contributed by atoms with Crippen LogP contribution in [0.4, 0.5) is 0 Å². The number of carbonyl (C=O) groups is 4. The number of hydrogen-bond acceptors (Lipinski definition) is 4. The van der Waals surface area contributed by atoms with E-state index in [0.717, 1.165) is 11.8 Å². The Labute approximate surface area is 194 Å². The highest BCUT2D eigenvalue weighted by Gasteiger charge is 2.44. The van der Waals surface area contributed by atoms with Crippen LogP contribution in [0.1, 0.15) is 82.1 Å². The van der Waals surface area contributed by atoms with E-state index in [-0.39, 0.29) is 25.3 Å². The summed E-state index contributed by atoms with van der Waals surface area (Å²) in [6, 6.07) is -0.308. The summed E-state index contributed by atoms with van der Waals surface area (Å²) in [6.45, 7) is 12.4. The zero-order chi connectivity index (χ0) is 27.2. The van der Waals surface area contributed by atoms with Gasteiger partial charge in [-0.3, -0.25) is 19.2 Å². The Balaban J connectivity index is 0.000000659. The third-order valence-corrected chi connectivity index (χ3v) is 5.44. The maximum Gasteiger partial charge on any atom is 0.248 e. The Morgan fingerprint density at radius 1 is 0.774 bits per heavy atom. The topological polar surface area (TPSA) is 81.2 Å². The van der Waals surface area contributed by atoms with Crippen LogP contribution < -0.4 is 0 Å². The van der Waals surface area contributed by atoms with E-state index in [2.05, 4.69) is 0 Å². The quantitative estimate of drug-likeness (QED) is 0.655. The van der Waals surface area contributed by atoms with Crippen LogP contribution >= 0.6 is 0 Å². The van der Waals surface area contributed by atoms with E-state index in [1.54, 1.807) is 18.7 Å². The first-order valence-electron chi connectivity index (χ1n) is 12.3. The van der Waals surface area contributed by atoms with Crippen LogP contribution in [0.25, 0.3) is 0 Å². The second-order valence-electron chi connectivity index (χ2n) is 9.23. The number of hydrogen-bond donors (Lipinski definition) is 0. The van der Waals surface area contributed by atoms with Crippen molar-refractivity contribution in [2.75, 3.05) is 26.1 Å². The van der Waals surface area contributed by atoms with Gasteiger partial charge in [0, 0.05) is 52.0 Å². The third kappa shape index (κ3) is 5.98. The Kier molecular flexibility index (Phi) is 7.45. The molecule has 0 bridgehead atoms. The van der Waals surface area contributed by atoms with Gasteiger partial charge in [-0.05, 0) is 55.4 Å². The molecule has 0 aromatic carbocycles. The fourth-order valence-electron chi connectivity index (χ4n) is 3.62. The molecule has 2 aliphatic rings. The lowest BCUT2D eigenvalue weighted by Gasteiger charge is -2.46. The molecule has 0 unspecified atom stereocenters. The minimum Gasteiger partial charge on any atom is -0.336 e. The van der Waals surface area contributed by atoms with Crippen molar-refractivity contribution in [3.05, 3.63) is 0 Å². The van der Waals surface area contributed by atoms with E-state index in [1.165, 1.54) is 20.8 Å². The summed E-state index contributed by atoms with van der Waals surface area (Å²) in [5, 5.41) is 0. The Bertz CT molecular complexity index is 843. The van der Waals surface area contributed by atoms with Gasteiger partial charge in [-0.2, -0.15) is 0 Å². The van der Waals surface area contributed by atoms with Gasteiger partial charge in [0.2, 0.25) is 23.6 Å². The lowest BCUT2D eigenvalue weighted by molar-refractivity contribution is -0.159. The maximum atomic E-state index is 12.4. The van der Waals surface area contributed by atoms with Crippen molar-refractivity contribution >= 4 is 23.6 Å². The molecule has 2 fully saturated rings. The minimum atomic E-state index is -2.60. The number of rotatable bonds is 2. The Morgan fingerprint density at radius 2 is 1.16 bits per heavy atom. The first-order valence-corrected chi connectivity index (χ1v) is 10.3. The normalized spacial score (nSPS) is 25.5. The fourth-order valence-corrected chi connectivity index (χ4v) is 3.62. The summed E-state index contributed by atoms with van der Waals surface area (Å²) < 4.78 is 31.9. The second-order valence-corrected chi connectivity index (χ2v) is 9.23. The predicted molar refractivity (Wildman–Crippen MR) is 123 cm³/mol. The third-order valence-electron chi connectivity index (χ3n) is 5.44. The Morgan fingerprint density at radius 3 is 1.55 bits per heavy atom. The summed E-state index contributed by atoms with van der Waals surface area (Å²) in [4.78, 5) is 52.7. The highest BCUT2D eigenvalue weighted by molar-refractivity contribution is 5.92. The zero-order valence-electron chi connectivity index (χ0n) is 24.0. The summed E-state index contributed by atoms with van der Waals surface area (Å²) in [7, 11) is 0. The average molecular weight is 445 g/mol. The van der Waals surface area contributed by atoms with Crippen molar-refractivity contribution < 1.29 is 24.7 Å². The minimum absolute atomic E-state index is 0. The molecular formula is C23H44N4O4. The molecule has 2 heterocycles.